The lowest BCUT2D eigenvalue weighted by atomic mass is 9.98. The first-order valence-corrected chi connectivity index (χ1v) is 7.03. The van der Waals surface area contributed by atoms with E-state index in [2.05, 4.69) is 34.0 Å². The lowest BCUT2D eigenvalue weighted by Gasteiger charge is -2.22. The van der Waals surface area contributed by atoms with Gasteiger partial charge >= 0.3 is 0 Å². The van der Waals surface area contributed by atoms with Crippen molar-refractivity contribution in [3.8, 4) is 0 Å². The number of nitrogens with zero attached hydrogens (tertiary/aromatic N) is 1. The highest BCUT2D eigenvalue weighted by Crippen LogP contribution is 2.26. The number of hydrogen-bond donors (Lipinski definition) is 2. The smallest absolute Gasteiger partial charge is 0.299 e. The highest BCUT2D eigenvalue weighted by molar-refractivity contribution is 8.14. The molecule has 1 unspecified atom stereocenters. The SMILES string of the molecule is CC1SC(=O)NN=C1c1ccc2c(c1)CCCN2. The van der Waals surface area contributed by atoms with Gasteiger partial charge in [0.15, 0.2) is 0 Å². The van der Waals surface area contributed by atoms with Gasteiger partial charge in [0, 0.05) is 12.2 Å². The monoisotopic (exact) mass is 261 g/mol. The van der Waals surface area contributed by atoms with Crippen molar-refractivity contribution in [1.29, 1.82) is 0 Å². The standard InChI is InChI=1S/C13H15N3OS/c1-8-12(15-16-13(17)18-8)10-4-5-11-9(7-10)3-2-6-14-11/h4-5,7-8,14H,2-3,6H2,1H3,(H,16,17). The zero-order chi connectivity index (χ0) is 12.5. The number of carbonyl (C=O) groups is 1. The van der Waals surface area contributed by atoms with Gasteiger partial charge in [0.2, 0.25) is 0 Å². The van der Waals surface area contributed by atoms with E-state index < -0.39 is 0 Å². The molecule has 1 amide bonds. The van der Waals surface area contributed by atoms with Crippen LogP contribution in [0.1, 0.15) is 24.5 Å². The molecule has 0 fully saturated rings. The van der Waals surface area contributed by atoms with Crippen LogP contribution in [0, 0.1) is 0 Å². The molecule has 4 nitrogen and oxygen atoms in total. The Hall–Kier alpha value is -1.49. The van der Waals surface area contributed by atoms with Crippen molar-refractivity contribution < 1.29 is 4.79 Å². The second-order valence-electron chi connectivity index (χ2n) is 4.56. The Bertz CT molecular complexity index is 527. The number of anilines is 1. The summed E-state index contributed by atoms with van der Waals surface area (Å²) in [5.41, 5.74) is 7.17. The van der Waals surface area contributed by atoms with Crippen LogP contribution in [0.15, 0.2) is 23.3 Å². The molecule has 0 saturated carbocycles. The molecule has 2 aliphatic heterocycles. The molecule has 18 heavy (non-hydrogen) atoms. The summed E-state index contributed by atoms with van der Waals surface area (Å²) < 4.78 is 0. The molecular weight excluding hydrogens is 246 g/mol. The molecule has 2 N–H and O–H groups in total. The Morgan fingerprint density at radius 3 is 3.17 bits per heavy atom. The van der Waals surface area contributed by atoms with Crippen LogP contribution in [-0.2, 0) is 6.42 Å². The highest BCUT2D eigenvalue weighted by atomic mass is 32.2. The number of aryl methyl sites for hydroxylation is 1. The Balaban J connectivity index is 1.95. The minimum absolute atomic E-state index is 0.0779. The third-order valence-corrected chi connectivity index (χ3v) is 4.16. The molecule has 1 atom stereocenters. The summed E-state index contributed by atoms with van der Waals surface area (Å²) in [6.45, 7) is 3.07. The topological polar surface area (TPSA) is 53.5 Å². The molecule has 0 aromatic heterocycles. The van der Waals surface area contributed by atoms with E-state index in [1.807, 2.05) is 6.92 Å². The lowest BCUT2D eigenvalue weighted by Crippen LogP contribution is -2.30. The van der Waals surface area contributed by atoms with E-state index in [0.717, 1.165) is 24.2 Å². The number of amides is 1. The minimum atomic E-state index is -0.0779. The van der Waals surface area contributed by atoms with Gasteiger partial charge in [0.1, 0.15) is 0 Å². The Morgan fingerprint density at radius 2 is 2.33 bits per heavy atom. The summed E-state index contributed by atoms with van der Waals surface area (Å²) in [7, 11) is 0. The molecule has 0 radical (unpaired) electrons. The predicted molar refractivity (Wildman–Crippen MR) is 75.4 cm³/mol. The van der Waals surface area contributed by atoms with Gasteiger partial charge in [0.25, 0.3) is 5.24 Å². The molecule has 0 saturated heterocycles. The van der Waals surface area contributed by atoms with Crippen molar-refractivity contribution in [2.45, 2.75) is 25.0 Å². The number of carbonyl (C=O) groups excluding carboxylic acids is 1. The third kappa shape index (κ3) is 2.10. The van der Waals surface area contributed by atoms with Gasteiger partial charge in [-0.2, -0.15) is 5.10 Å². The third-order valence-electron chi connectivity index (χ3n) is 3.28. The Kier molecular flexibility index (Phi) is 2.99. The van der Waals surface area contributed by atoms with Gasteiger partial charge in [-0.1, -0.05) is 17.8 Å². The molecule has 3 rings (SSSR count). The summed E-state index contributed by atoms with van der Waals surface area (Å²) in [6, 6.07) is 6.37. The Labute approximate surface area is 110 Å². The normalized spacial score (nSPS) is 22.6. The molecular formula is C13H15N3OS. The van der Waals surface area contributed by atoms with E-state index in [1.54, 1.807) is 0 Å². The first kappa shape index (κ1) is 11.6. The second-order valence-corrected chi connectivity index (χ2v) is 5.87. The van der Waals surface area contributed by atoms with Crippen molar-refractivity contribution >= 4 is 28.4 Å². The average Bonchev–Trinajstić information content (AvgIpc) is 2.38. The number of fused-ring (bicyclic) bond motifs is 1. The summed E-state index contributed by atoms with van der Waals surface area (Å²) in [5.74, 6) is 0. The number of thioether (sulfide) groups is 1. The molecule has 2 aliphatic rings. The highest BCUT2D eigenvalue weighted by Gasteiger charge is 2.23. The van der Waals surface area contributed by atoms with E-state index in [-0.39, 0.29) is 10.5 Å². The molecule has 5 heteroatoms. The van der Waals surface area contributed by atoms with Gasteiger partial charge in [-0.05, 0) is 43.0 Å². The number of hydrazone groups is 1. The van der Waals surface area contributed by atoms with Gasteiger partial charge in [-0.15, -0.1) is 0 Å². The van der Waals surface area contributed by atoms with Crippen molar-refractivity contribution in [2.75, 3.05) is 11.9 Å². The average molecular weight is 261 g/mol. The molecule has 2 heterocycles. The first-order chi connectivity index (χ1) is 8.74. The fourth-order valence-corrected chi connectivity index (χ4v) is 3.09. The lowest BCUT2D eigenvalue weighted by molar-refractivity contribution is 0.261. The summed E-state index contributed by atoms with van der Waals surface area (Å²) >= 11 is 1.29. The van der Waals surface area contributed by atoms with Gasteiger partial charge < -0.3 is 5.32 Å². The molecule has 94 valence electrons. The van der Waals surface area contributed by atoms with Crippen LogP contribution in [0.4, 0.5) is 10.5 Å². The molecule has 0 aliphatic carbocycles. The van der Waals surface area contributed by atoms with Crippen molar-refractivity contribution in [1.82, 2.24) is 5.43 Å². The number of benzene rings is 1. The zero-order valence-corrected chi connectivity index (χ0v) is 11.0. The summed E-state index contributed by atoms with van der Waals surface area (Å²) in [6.07, 6.45) is 2.28. The van der Waals surface area contributed by atoms with E-state index >= 15 is 0 Å². The van der Waals surface area contributed by atoms with Crippen LogP contribution >= 0.6 is 11.8 Å². The molecule has 1 aromatic carbocycles. The maximum Gasteiger partial charge on any atom is 0.299 e. The van der Waals surface area contributed by atoms with Crippen molar-refractivity contribution in [2.24, 2.45) is 5.10 Å². The molecule has 0 bridgehead atoms. The maximum absolute atomic E-state index is 11.2. The van der Waals surface area contributed by atoms with Crippen LogP contribution in [0.5, 0.6) is 0 Å². The number of nitrogens with one attached hydrogen (secondary N) is 2. The Morgan fingerprint density at radius 1 is 1.44 bits per heavy atom. The number of hydrogen-bond acceptors (Lipinski definition) is 4. The maximum atomic E-state index is 11.2. The quantitative estimate of drug-likeness (QED) is 0.817. The van der Waals surface area contributed by atoms with Crippen LogP contribution in [0.3, 0.4) is 0 Å². The van der Waals surface area contributed by atoms with Gasteiger partial charge in [-0.3, -0.25) is 4.79 Å². The fraction of sp³-hybridized carbons (Fsp3) is 0.385. The first-order valence-electron chi connectivity index (χ1n) is 6.15. The summed E-state index contributed by atoms with van der Waals surface area (Å²) in [5, 5.41) is 7.61. The van der Waals surface area contributed by atoms with Gasteiger partial charge in [0.05, 0.1) is 11.0 Å². The summed E-state index contributed by atoms with van der Waals surface area (Å²) in [4.78, 5) is 11.2. The fourth-order valence-electron chi connectivity index (χ4n) is 2.37. The van der Waals surface area contributed by atoms with E-state index in [0.29, 0.717) is 0 Å². The van der Waals surface area contributed by atoms with Crippen LogP contribution in [0.2, 0.25) is 0 Å². The van der Waals surface area contributed by atoms with E-state index in [4.69, 9.17) is 0 Å². The van der Waals surface area contributed by atoms with Crippen molar-refractivity contribution in [3.63, 3.8) is 0 Å². The second kappa shape index (κ2) is 4.65. The van der Waals surface area contributed by atoms with Gasteiger partial charge in [-0.25, -0.2) is 5.43 Å². The van der Waals surface area contributed by atoms with Crippen LogP contribution in [0.25, 0.3) is 0 Å². The van der Waals surface area contributed by atoms with Crippen LogP contribution < -0.4 is 10.7 Å². The minimum Gasteiger partial charge on any atom is -0.385 e. The number of rotatable bonds is 1. The van der Waals surface area contributed by atoms with Crippen LogP contribution in [-0.4, -0.2) is 22.7 Å². The molecule has 0 spiro atoms. The van der Waals surface area contributed by atoms with E-state index in [1.165, 1.54) is 29.4 Å². The zero-order valence-electron chi connectivity index (χ0n) is 10.2. The predicted octanol–water partition coefficient (Wildman–Crippen LogP) is 2.59. The molecule has 1 aromatic rings. The largest absolute Gasteiger partial charge is 0.385 e. The van der Waals surface area contributed by atoms with Crippen molar-refractivity contribution in [3.05, 3.63) is 29.3 Å². The van der Waals surface area contributed by atoms with E-state index in [9.17, 15) is 4.79 Å².